The Balaban J connectivity index is 1.53. The summed E-state index contributed by atoms with van der Waals surface area (Å²) >= 11 is 0. The van der Waals surface area contributed by atoms with Crippen molar-refractivity contribution < 1.29 is 14.3 Å². The summed E-state index contributed by atoms with van der Waals surface area (Å²) in [6.07, 6.45) is 4.23. The zero-order valence-corrected chi connectivity index (χ0v) is 12.0. The lowest BCUT2D eigenvalue weighted by atomic mass is 9.91. The first kappa shape index (κ1) is 14.3. The van der Waals surface area contributed by atoms with Gasteiger partial charge in [0.25, 0.3) is 0 Å². The number of ketones is 1. The molecule has 0 spiro atoms. The molecule has 0 bridgehead atoms. The van der Waals surface area contributed by atoms with E-state index >= 15 is 0 Å². The molecule has 1 amide bonds. The smallest absolute Gasteiger partial charge is 0.408 e. The first-order chi connectivity index (χ1) is 10.7. The fraction of sp³-hybridized carbons (Fsp3) is 0.235. The number of rotatable bonds is 4. The van der Waals surface area contributed by atoms with E-state index < -0.39 is 6.09 Å². The summed E-state index contributed by atoms with van der Waals surface area (Å²) in [7, 11) is 0. The zero-order valence-electron chi connectivity index (χ0n) is 12.0. The minimum atomic E-state index is -0.547. The molecule has 0 aliphatic heterocycles. The van der Waals surface area contributed by atoms with Crippen molar-refractivity contribution in [3.63, 3.8) is 0 Å². The van der Waals surface area contributed by atoms with Crippen LogP contribution in [0, 0.1) is 0 Å². The number of nitrogens with one attached hydrogen (secondary N) is 1. The number of pyridine rings is 1. The van der Waals surface area contributed by atoms with Crippen LogP contribution in [0.3, 0.4) is 0 Å². The predicted molar refractivity (Wildman–Crippen MR) is 81.0 cm³/mol. The van der Waals surface area contributed by atoms with Crippen LogP contribution in [0.1, 0.15) is 18.4 Å². The topological polar surface area (TPSA) is 68.3 Å². The molecule has 3 rings (SSSR count). The highest BCUT2D eigenvalue weighted by atomic mass is 16.5. The highest BCUT2D eigenvalue weighted by Crippen LogP contribution is 2.19. The fourth-order valence-corrected chi connectivity index (χ4v) is 2.22. The van der Waals surface area contributed by atoms with Gasteiger partial charge in [0.05, 0.1) is 6.04 Å². The van der Waals surface area contributed by atoms with Gasteiger partial charge in [-0.2, -0.15) is 0 Å². The highest BCUT2D eigenvalue weighted by molar-refractivity contribution is 5.92. The third-order valence-corrected chi connectivity index (χ3v) is 3.68. The maximum Gasteiger partial charge on any atom is 0.408 e. The average Bonchev–Trinajstić information content (AvgIpc) is 2.58. The Bertz CT molecular complexity index is 668. The van der Waals surface area contributed by atoms with Crippen molar-refractivity contribution in [3.8, 4) is 11.1 Å². The Morgan fingerprint density at radius 3 is 2.64 bits per heavy atom. The Kier molecular flexibility index (Phi) is 4.14. The van der Waals surface area contributed by atoms with Crippen LogP contribution in [0.15, 0.2) is 48.8 Å². The third-order valence-electron chi connectivity index (χ3n) is 3.68. The van der Waals surface area contributed by atoms with Crippen LogP contribution in [-0.2, 0) is 16.1 Å². The Morgan fingerprint density at radius 1 is 1.23 bits per heavy atom. The molecule has 22 heavy (non-hydrogen) atoms. The monoisotopic (exact) mass is 296 g/mol. The van der Waals surface area contributed by atoms with E-state index in [0.717, 1.165) is 16.7 Å². The third kappa shape index (κ3) is 3.31. The fourth-order valence-electron chi connectivity index (χ4n) is 2.22. The van der Waals surface area contributed by atoms with Crippen LogP contribution in [0.2, 0.25) is 0 Å². The van der Waals surface area contributed by atoms with Crippen molar-refractivity contribution >= 4 is 11.9 Å². The first-order valence-electron chi connectivity index (χ1n) is 7.18. The number of carbonyl (C=O) groups is 2. The second-order valence-electron chi connectivity index (χ2n) is 5.22. The number of hydrogen-bond donors (Lipinski definition) is 1. The van der Waals surface area contributed by atoms with Crippen molar-refractivity contribution in [2.24, 2.45) is 0 Å². The Labute approximate surface area is 128 Å². The number of hydrogen-bond acceptors (Lipinski definition) is 4. The van der Waals surface area contributed by atoms with Gasteiger partial charge in [-0.3, -0.25) is 9.78 Å². The number of amides is 1. The van der Waals surface area contributed by atoms with Crippen LogP contribution in [0.5, 0.6) is 0 Å². The van der Waals surface area contributed by atoms with Crippen LogP contribution in [-0.4, -0.2) is 22.9 Å². The van der Waals surface area contributed by atoms with E-state index in [1.54, 1.807) is 12.4 Å². The van der Waals surface area contributed by atoms with Crippen molar-refractivity contribution in [2.45, 2.75) is 25.5 Å². The summed E-state index contributed by atoms with van der Waals surface area (Å²) in [6.45, 7) is 0.181. The molecule has 1 aliphatic rings. The molecule has 1 N–H and O–H groups in total. The van der Waals surface area contributed by atoms with Crippen molar-refractivity contribution in [1.82, 2.24) is 10.3 Å². The summed E-state index contributed by atoms with van der Waals surface area (Å²) in [4.78, 5) is 26.8. The molecular weight excluding hydrogens is 280 g/mol. The first-order valence-corrected chi connectivity index (χ1v) is 7.18. The molecule has 1 atom stereocenters. The normalized spacial score (nSPS) is 16.7. The van der Waals surface area contributed by atoms with E-state index in [9.17, 15) is 9.59 Å². The Morgan fingerprint density at radius 2 is 2.05 bits per heavy atom. The van der Waals surface area contributed by atoms with Gasteiger partial charge in [-0.25, -0.2) is 4.79 Å². The summed E-state index contributed by atoms with van der Waals surface area (Å²) in [6, 6.07) is 11.3. The minimum absolute atomic E-state index is 0.0674. The molecule has 1 fully saturated rings. The predicted octanol–water partition coefficient (Wildman–Crippen LogP) is 2.71. The number of alkyl carbamates (subject to hydrolysis) is 1. The maximum atomic E-state index is 11.6. The molecule has 1 heterocycles. The van der Waals surface area contributed by atoms with Gasteiger partial charge in [0.15, 0.2) is 5.78 Å². The highest BCUT2D eigenvalue weighted by Gasteiger charge is 2.29. The van der Waals surface area contributed by atoms with Gasteiger partial charge in [-0.05, 0) is 29.2 Å². The number of Topliss-reactive ketones (excluding diaryl/α,β-unsaturated/α-hetero) is 1. The largest absolute Gasteiger partial charge is 0.445 e. The molecule has 1 saturated carbocycles. The minimum Gasteiger partial charge on any atom is -0.445 e. The van der Waals surface area contributed by atoms with Crippen LogP contribution >= 0.6 is 0 Å². The molecule has 5 heteroatoms. The van der Waals surface area contributed by atoms with Crippen molar-refractivity contribution in [1.29, 1.82) is 0 Å². The van der Waals surface area contributed by atoms with E-state index in [4.69, 9.17) is 4.74 Å². The van der Waals surface area contributed by atoms with Gasteiger partial charge in [0, 0.05) is 18.8 Å². The van der Waals surface area contributed by atoms with Gasteiger partial charge >= 0.3 is 6.09 Å². The van der Waals surface area contributed by atoms with E-state index in [1.807, 2.05) is 36.4 Å². The summed E-state index contributed by atoms with van der Waals surface area (Å²) < 4.78 is 5.11. The van der Waals surface area contributed by atoms with Gasteiger partial charge in [-0.15, -0.1) is 0 Å². The summed E-state index contributed by atoms with van der Waals surface area (Å²) in [5.41, 5.74) is 2.99. The number of aromatic nitrogens is 1. The number of nitrogens with zero attached hydrogens (tertiary/aromatic N) is 1. The molecule has 0 unspecified atom stereocenters. The maximum absolute atomic E-state index is 11.6. The number of carbonyl (C=O) groups excluding carboxylic acids is 2. The van der Waals surface area contributed by atoms with Crippen molar-refractivity contribution in [3.05, 3.63) is 54.4 Å². The SMILES string of the molecule is O=C(N[C@H]1CCC1=O)OCc1ccc(-c2cccnc2)cc1. The quantitative estimate of drug-likeness (QED) is 0.942. The second kappa shape index (κ2) is 6.39. The molecule has 1 aromatic carbocycles. The van der Waals surface area contributed by atoms with Gasteiger partial charge in [0.1, 0.15) is 6.61 Å². The van der Waals surface area contributed by atoms with Crippen LogP contribution < -0.4 is 5.32 Å². The molecule has 1 aromatic heterocycles. The van der Waals surface area contributed by atoms with Crippen LogP contribution in [0.4, 0.5) is 4.79 Å². The van der Waals surface area contributed by atoms with E-state index in [1.165, 1.54) is 0 Å². The van der Waals surface area contributed by atoms with Gasteiger partial charge in [-0.1, -0.05) is 30.3 Å². The van der Waals surface area contributed by atoms with E-state index in [0.29, 0.717) is 12.8 Å². The molecule has 112 valence electrons. The molecule has 2 aromatic rings. The van der Waals surface area contributed by atoms with E-state index in [2.05, 4.69) is 10.3 Å². The molecule has 1 aliphatic carbocycles. The number of ether oxygens (including phenoxy) is 1. The summed E-state index contributed by atoms with van der Waals surface area (Å²) in [5, 5.41) is 2.55. The molecule has 0 radical (unpaired) electrons. The lowest BCUT2D eigenvalue weighted by molar-refractivity contribution is -0.126. The van der Waals surface area contributed by atoms with Crippen molar-refractivity contribution in [2.75, 3.05) is 0 Å². The lowest BCUT2D eigenvalue weighted by Crippen LogP contribution is -2.47. The van der Waals surface area contributed by atoms with Gasteiger partial charge in [0.2, 0.25) is 0 Å². The average molecular weight is 296 g/mol. The van der Waals surface area contributed by atoms with Gasteiger partial charge < -0.3 is 10.1 Å². The summed E-state index contributed by atoms with van der Waals surface area (Å²) in [5.74, 6) is 0.0674. The standard InChI is InChI=1S/C17H16N2O3/c20-16-8-7-15(16)19-17(21)22-11-12-3-5-13(6-4-12)14-2-1-9-18-10-14/h1-6,9-10,15H,7-8,11H2,(H,19,21)/t15-/m0/s1. The molecule has 0 saturated heterocycles. The van der Waals surface area contributed by atoms with Crippen LogP contribution in [0.25, 0.3) is 11.1 Å². The van der Waals surface area contributed by atoms with E-state index in [-0.39, 0.29) is 18.4 Å². The number of benzene rings is 1. The Hall–Kier alpha value is -2.69. The lowest BCUT2D eigenvalue weighted by Gasteiger charge is -2.24. The second-order valence-corrected chi connectivity index (χ2v) is 5.22. The zero-order chi connectivity index (χ0) is 15.4. The molecule has 5 nitrogen and oxygen atoms in total. The molecular formula is C17H16N2O3.